The second kappa shape index (κ2) is 9.04. The summed E-state index contributed by atoms with van der Waals surface area (Å²) in [5, 5.41) is 0. The molecule has 1 saturated carbocycles. The van der Waals surface area contributed by atoms with Gasteiger partial charge in [0.15, 0.2) is 0 Å². The van der Waals surface area contributed by atoms with E-state index in [1.165, 1.54) is 53.5 Å². The average Bonchev–Trinajstić information content (AvgIpc) is 2.59. The van der Waals surface area contributed by atoms with Crippen molar-refractivity contribution in [3.05, 3.63) is 70.8 Å². The van der Waals surface area contributed by atoms with Gasteiger partial charge < -0.3 is 0 Å². The monoisotopic (exact) mass is 334 g/mol. The minimum Gasteiger partial charge on any atom is -0.103 e. The highest BCUT2D eigenvalue weighted by Crippen LogP contribution is 2.41. The molecule has 3 rings (SSSR count). The Hall–Kier alpha value is -1.82. The van der Waals surface area contributed by atoms with E-state index in [0.717, 1.165) is 11.8 Å². The first-order chi connectivity index (χ1) is 12.0. The first-order valence-electron chi connectivity index (χ1n) is 9.72. The third kappa shape index (κ3) is 4.84. The van der Waals surface area contributed by atoms with Crippen molar-refractivity contribution in [3.8, 4) is 0 Å². The fourth-order valence-corrected chi connectivity index (χ4v) is 3.99. The van der Waals surface area contributed by atoms with Crippen LogP contribution in [0.2, 0.25) is 0 Å². The van der Waals surface area contributed by atoms with E-state index in [4.69, 9.17) is 0 Å². The summed E-state index contributed by atoms with van der Waals surface area (Å²) in [6, 6.07) is 6.90. The van der Waals surface area contributed by atoms with Crippen molar-refractivity contribution in [1.82, 2.24) is 0 Å². The SMILES string of the molecule is C=CC.CC1=C/C(C)=C(/C)c2c(cccc2C2CCC(C)CC2)\C=C\1. The zero-order valence-electron chi connectivity index (χ0n) is 16.7. The molecule has 0 saturated heterocycles. The molecule has 0 aliphatic heterocycles. The largest absolute Gasteiger partial charge is 0.103 e. The predicted octanol–water partition coefficient (Wildman–Crippen LogP) is 7.94. The normalized spacial score (nSPS) is 29.1. The summed E-state index contributed by atoms with van der Waals surface area (Å²) in [5.41, 5.74) is 8.66. The Morgan fingerprint density at radius 3 is 2.28 bits per heavy atom. The lowest BCUT2D eigenvalue weighted by molar-refractivity contribution is 0.347. The van der Waals surface area contributed by atoms with E-state index in [-0.39, 0.29) is 0 Å². The lowest BCUT2D eigenvalue weighted by Crippen LogP contribution is -2.13. The van der Waals surface area contributed by atoms with Crippen LogP contribution >= 0.6 is 0 Å². The topological polar surface area (TPSA) is 0 Å². The molecule has 134 valence electrons. The lowest BCUT2D eigenvalue weighted by atomic mass is 9.76. The number of fused-ring (bicyclic) bond motifs is 1. The fourth-order valence-electron chi connectivity index (χ4n) is 3.99. The number of benzene rings is 1. The highest BCUT2D eigenvalue weighted by molar-refractivity contribution is 5.80. The van der Waals surface area contributed by atoms with Crippen LogP contribution in [0.5, 0.6) is 0 Å². The molecule has 0 heterocycles. The third-order valence-corrected chi connectivity index (χ3v) is 5.52. The van der Waals surface area contributed by atoms with Gasteiger partial charge in [0.2, 0.25) is 0 Å². The van der Waals surface area contributed by atoms with Gasteiger partial charge in [-0.3, -0.25) is 0 Å². The second-order valence-corrected chi connectivity index (χ2v) is 7.71. The number of hydrogen-bond acceptors (Lipinski definition) is 0. The van der Waals surface area contributed by atoms with Gasteiger partial charge in [0.25, 0.3) is 0 Å². The van der Waals surface area contributed by atoms with Crippen LogP contribution in [0.15, 0.2) is 54.2 Å². The predicted molar refractivity (Wildman–Crippen MR) is 114 cm³/mol. The van der Waals surface area contributed by atoms with Gasteiger partial charge in [-0.15, -0.1) is 6.58 Å². The number of allylic oxidation sites excluding steroid dienone is 6. The molecule has 0 heteroatoms. The van der Waals surface area contributed by atoms with Crippen LogP contribution in [0.4, 0.5) is 0 Å². The van der Waals surface area contributed by atoms with Gasteiger partial charge in [0.05, 0.1) is 0 Å². The molecule has 2 aliphatic rings. The molecule has 0 N–H and O–H groups in total. The van der Waals surface area contributed by atoms with Gasteiger partial charge in [0, 0.05) is 0 Å². The van der Waals surface area contributed by atoms with E-state index in [0.29, 0.717) is 0 Å². The maximum atomic E-state index is 3.36. The Bertz CT molecular complexity index is 689. The Morgan fingerprint density at radius 1 is 1.00 bits per heavy atom. The maximum absolute atomic E-state index is 3.36. The molecular formula is C25H34. The quantitative estimate of drug-likeness (QED) is 0.457. The van der Waals surface area contributed by atoms with Crippen molar-refractivity contribution in [2.45, 2.75) is 66.2 Å². The van der Waals surface area contributed by atoms with Gasteiger partial charge in [0.1, 0.15) is 0 Å². The molecule has 0 nitrogen and oxygen atoms in total. The van der Waals surface area contributed by atoms with Crippen LogP contribution in [0, 0.1) is 5.92 Å². The summed E-state index contributed by atoms with van der Waals surface area (Å²) in [4.78, 5) is 0. The minimum atomic E-state index is 0.742. The van der Waals surface area contributed by atoms with E-state index in [2.05, 4.69) is 70.7 Å². The number of rotatable bonds is 1. The highest BCUT2D eigenvalue weighted by Gasteiger charge is 2.23. The van der Waals surface area contributed by atoms with Crippen molar-refractivity contribution < 1.29 is 0 Å². The van der Waals surface area contributed by atoms with Crippen molar-refractivity contribution >= 4 is 11.6 Å². The Morgan fingerprint density at radius 2 is 1.64 bits per heavy atom. The third-order valence-electron chi connectivity index (χ3n) is 5.52. The molecule has 25 heavy (non-hydrogen) atoms. The zero-order chi connectivity index (χ0) is 18.4. The molecule has 0 spiro atoms. The van der Waals surface area contributed by atoms with Crippen molar-refractivity contribution in [2.24, 2.45) is 5.92 Å². The lowest BCUT2D eigenvalue weighted by Gasteiger charge is -2.29. The Balaban J connectivity index is 0.000000701. The van der Waals surface area contributed by atoms with E-state index < -0.39 is 0 Å². The first-order valence-corrected chi connectivity index (χ1v) is 9.72. The molecule has 0 atom stereocenters. The van der Waals surface area contributed by atoms with Crippen LogP contribution < -0.4 is 0 Å². The van der Waals surface area contributed by atoms with Gasteiger partial charge >= 0.3 is 0 Å². The van der Waals surface area contributed by atoms with Gasteiger partial charge in [-0.2, -0.15) is 0 Å². The van der Waals surface area contributed by atoms with E-state index in [1.807, 2.05) is 6.92 Å². The van der Waals surface area contributed by atoms with Crippen LogP contribution in [0.1, 0.15) is 82.9 Å². The summed E-state index contributed by atoms with van der Waals surface area (Å²) < 4.78 is 0. The van der Waals surface area contributed by atoms with Crippen LogP contribution in [0.25, 0.3) is 11.6 Å². The second-order valence-electron chi connectivity index (χ2n) is 7.71. The van der Waals surface area contributed by atoms with Crippen molar-refractivity contribution in [1.29, 1.82) is 0 Å². The molecule has 1 aromatic rings. The van der Waals surface area contributed by atoms with Gasteiger partial charge in [-0.05, 0) is 80.2 Å². The average molecular weight is 335 g/mol. The Kier molecular flexibility index (Phi) is 7.05. The van der Waals surface area contributed by atoms with E-state index in [1.54, 1.807) is 11.6 Å². The summed E-state index contributed by atoms with van der Waals surface area (Å²) in [6.07, 6.45) is 14.1. The van der Waals surface area contributed by atoms with Crippen LogP contribution in [-0.4, -0.2) is 0 Å². The van der Waals surface area contributed by atoms with E-state index >= 15 is 0 Å². The molecule has 0 aromatic heterocycles. The van der Waals surface area contributed by atoms with Crippen LogP contribution in [-0.2, 0) is 0 Å². The zero-order valence-corrected chi connectivity index (χ0v) is 16.7. The fraction of sp³-hybridized carbons (Fsp3) is 0.440. The maximum Gasteiger partial charge on any atom is -0.0117 e. The van der Waals surface area contributed by atoms with Crippen molar-refractivity contribution in [3.63, 3.8) is 0 Å². The standard InChI is InChI=1S/C22H28.C3H6/c1-15-8-11-19(12-9-15)21-7-5-6-20-13-10-16(2)14-17(3)18(4)22(20)21;1-3-2/h5-7,10,13-15,19H,8-9,11-12H2,1-4H3;3H,1H2,2H3/b13-10+,16-10?,16-14-,17-14?,18-17-,20-13?,22-18?;. The summed E-state index contributed by atoms with van der Waals surface area (Å²) >= 11 is 0. The summed E-state index contributed by atoms with van der Waals surface area (Å²) in [7, 11) is 0. The molecule has 1 fully saturated rings. The molecule has 0 amide bonds. The summed E-state index contributed by atoms with van der Waals surface area (Å²) in [5.74, 6) is 1.65. The van der Waals surface area contributed by atoms with E-state index in [9.17, 15) is 0 Å². The minimum absolute atomic E-state index is 0.742. The molecular weight excluding hydrogens is 300 g/mol. The molecule has 1 aromatic carbocycles. The van der Waals surface area contributed by atoms with Gasteiger partial charge in [-0.25, -0.2) is 0 Å². The Labute approximate surface area is 155 Å². The highest BCUT2D eigenvalue weighted by atomic mass is 14.3. The smallest absolute Gasteiger partial charge is 0.0117 e. The van der Waals surface area contributed by atoms with Crippen LogP contribution in [0.3, 0.4) is 0 Å². The number of hydrogen-bond donors (Lipinski definition) is 0. The molecule has 0 bridgehead atoms. The molecule has 2 aliphatic carbocycles. The molecule has 0 unspecified atom stereocenters. The summed E-state index contributed by atoms with van der Waals surface area (Å²) in [6.45, 7) is 14.4. The van der Waals surface area contributed by atoms with Crippen molar-refractivity contribution in [2.75, 3.05) is 0 Å². The molecule has 0 radical (unpaired) electrons. The van der Waals surface area contributed by atoms with Gasteiger partial charge in [-0.1, -0.05) is 67.8 Å². The first kappa shape index (κ1) is 19.5.